The molecule has 0 unspecified atom stereocenters. The largest absolute Gasteiger partial charge is 0.453 e. The highest BCUT2D eigenvalue weighted by molar-refractivity contribution is 6.13. The van der Waals surface area contributed by atoms with Gasteiger partial charge in [0.2, 0.25) is 0 Å². The summed E-state index contributed by atoms with van der Waals surface area (Å²) in [6.45, 7) is 0. The van der Waals surface area contributed by atoms with Gasteiger partial charge in [0.05, 0.1) is 5.69 Å². The number of anilines is 3. The predicted octanol–water partition coefficient (Wildman–Crippen LogP) is 16.5. The first kappa shape index (κ1) is 35.2. The molecule has 0 aliphatic heterocycles. The van der Waals surface area contributed by atoms with E-state index in [0.717, 1.165) is 66.8 Å². The SMILES string of the molecule is c1ccc(-c2ccc(N(c3ccc(-c4cc5ccccc5cc4-c4ccccc4)cc3)c3cccc4c3oc3c(-c5ccccc5)cccc34)cc2-c2ccccc2)cc1. The first-order chi connectivity index (χ1) is 29.8. The van der Waals surface area contributed by atoms with Crippen LogP contribution in [-0.2, 0) is 0 Å². The van der Waals surface area contributed by atoms with Crippen molar-refractivity contribution in [3.63, 3.8) is 0 Å². The van der Waals surface area contributed by atoms with E-state index in [9.17, 15) is 0 Å². The predicted molar refractivity (Wildman–Crippen MR) is 253 cm³/mol. The molecule has 282 valence electrons. The Kier molecular flexibility index (Phi) is 8.87. The lowest BCUT2D eigenvalue weighted by Crippen LogP contribution is -2.10. The molecule has 2 nitrogen and oxygen atoms in total. The van der Waals surface area contributed by atoms with Crippen LogP contribution in [0.25, 0.3) is 88.3 Å². The molecule has 0 spiro atoms. The summed E-state index contributed by atoms with van der Waals surface area (Å²) in [6, 6.07) is 84.7. The van der Waals surface area contributed by atoms with E-state index in [2.05, 4.69) is 241 Å². The Balaban J connectivity index is 1.13. The third kappa shape index (κ3) is 6.32. The zero-order valence-corrected chi connectivity index (χ0v) is 32.9. The van der Waals surface area contributed by atoms with Crippen LogP contribution in [0.15, 0.2) is 241 Å². The average molecular weight is 766 g/mol. The molecule has 0 atom stereocenters. The minimum atomic E-state index is 0.842. The van der Waals surface area contributed by atoms with Gasteiger partial charge in [0, 0.05) is 27.7 Å². The van der Waals surface area contributed by atoms with Crippen molar-refractivity contribution in [1.82, 2.24) is 0 Å². The van der Waals surface area contributed by atoms with Crippen molar-refractivity contribution in [3.05, 3.63) is 237 Å². The van der Waals surface area contributed by atoms with Gasteiger partial charge in [-0.25, -0.2) is 0 Å². The number of nitrogens with zero attached hydrogens (tertiary/aromatic N) is 1. The summed E-state index contributed by atoms with van der Waals surface area (Å²) in [4.78, 5) is 2.36. The molecule has 0 amide bonds. The Labute approximate surface area is 349 Å². The Hall–Kier alpha value is -7.94. The highest BCUT2D eigenvalue weighted by Crippen LogP contribution is 2.46. The van der Waals surface area contributed by atoms with Crippen LogP contribution in [0.1, 0.15) is 0 Å². The average Bonchev–Trinajstić information content (AvgIpc) is 3.72. The van der Waals surface area contributed by atoms with Gasteiger partial charge in [0.25, 0.3) is 0 Å². The van der Waals surface area contributed by atoms with E-state index < -0.39 is 0 Å². The summed E-state index contributed by atoms with van der Waals surface area (Å²) >= 11 is 0. The maximum Gasteiger partial charge on any atom is 0.159 e. The molecule has 0 aliphatic rings. The van der Waals surface area contributed by atoms with Crippen LogP contribution in [0, 0.1) is 0 Å². The minimum Gasteiger partial charge on any atom is -0.453 e. The second kappa shape index (κ2) is 15.1. The van der Waals surface area contributed by atoms with E-state index in [4.69, 9.17) is 4.42 Å². The van der Waals surface area contributed by atoms with E-state index in [-0.39, 0.29) is 0 Å². The molecular formula is C58H39NO. The number of furan rings is 1. The van der Waals surface area contributed by atoms with Crippen molar-refractivity contribution in [1.29, 1.82) is 0 Å². The topological polar surface area (TPSA) is 16.4 Å². The van der Waals surface area contributed by atoms with Crippen molar-refractivity contribution in [2.24, 2.45) is 0 Å². The third-order valence-electron chi connectivity index (χ3n) is 11.7. The highest BCUT2D eigenvalue weighted by Gasteiger charge is 2.22. The van der Waals surface area contributed by atoms with Gasteiger partial charge in [-0.1, -0.05) is 194 Å². The van der Waals surface area contributed by atoms with Gasteiger partial charge < -0.3 is 9.32 Å². The van der Waals surface area contributed by atoms with Crippen molar-refractivity contribution in [2.75, 3.05) is 4.90 Å². The number of hydrogen-bond donors (Lipinski definition) is 0. The molecule has 0 saturated heterocycles. The maximum atomic E-state index is 7.06. The quantitative estimate of drug-likeness (QED) is 0.153. The normalized spacial score (nSPS) is 11.3. The smallest absolute Gasteiger partial charge is 0.159 e. The van der Waals surface area contributed by atoms with Crippen LogP contribution in [0.3, 0.4) is 0 Å². The van der Waals surface area contributed by atoms with Gasteiger partial charge in [0.1, 0.15) is 5.58 Å². The molecule has 11 aromatic rings. The first-order valence-electron chi connectivity index (χ1n) is 20.5. The lowest BCUT2D eigenvalue weighted by atomic mass is 9.91. The molecule has 0 aliphatic carbocycles. The second-order valence-corrected chi connectivity index (χ2v) is 15.3. The van der Waals surface area contributed by atoms with Crippen LogP contribution < -0.4 is 4.90 Å². The molecule has 2 heteroatoms. The monoisotopic (exact) mass is 765 g/mol. The van der Waals surface area contributed by atoms with Crippen molar-refractivity contribution in [2.45, 2.75) is 0 Å². The summed E-state index contributed by atoms with van der Waals surface area (Å²) in [5.41, 5.74) is 16.4. The zero-order valence-electron chi connectivity index (χ0n) is 32.9. The molecular weight excluding hydrogens is 727 g/mol. The fraction of sp³-hybridized carbons (Fsp3) is 0. The molecule has 11 rings (SSSR count). The zero-order chi connectivity index (χ0) is 39.8. The highest BCUT2D eigenvalue weighted by atomic mass is 16.3. The molecule has 0 N–H and O–H groups in total. The van der Waals surface area contributed by atoms with E-state index >= 15 is 0 Å². The van der Waals surface area contributed by atoms with Gasteiger partial charge >= 0.3 is 0 Å². The third-order valence-corrected chi connectivity index (χ3v) is 11.7. The van der Waals surface area contributed by atoms with Crippen LogP contribution in [0.2, 0.25) is 0 Å². The fourth-order valence-electron chi connectivity index (χ4n) is 8.78. The van der Waals surface area contributed by atoms with Crippen molar-refractivity contribution >= 4 is 49.8 Å². The summed E-state index contributed by atoms with van der Waals surface area (Å²) in [5.74, 6) is 0. The van der Waals surface area contributed by atoms with Gasteiger partial charge in [-0.05, 0) is 103 Å². The van der Waals surface area contributed by atoms with E-state index in [1.165, 1.54) is 38.6 Å². The molecule has 0 fully saturated rings. The molecule has 0 radical (unpaired) electrons. The summed E-state index contributed by atoms with van der Waals surface area (Å²) < 4.78 is 7.06. The number of rotatable bonds is 8. The molecule has 1 aromatic heterocycles. The van der Waals surface area contributed by atoms with Crippen LogP contribution in [-0.4, -0.2) is 0 Å². The number of benzene rings is 10. The summed E-state index contributed by atoms with van der Waals surface area (Å²) in [5, 5.41) is 4.62. The lowest BCUT2D eigenvalue weighted by molar-refractivity contribution is 0.670. The Morgan fingerprint density at radius 2 is 0.700 bits per heavy atom. The molecule has 10 aromatic carbocycles. The fourth-order valence-corrected chi connectivity index (χ4v) is 8.78. The maximum absolute atomic E-state index is 7.06. The van der Waals surface area contributed by atoms with Gasteiger partial charge in [0.15, 0.2) is 5.58 Å². The van der Waals surface area contributed by atoms with Crippen LogP contribution in [0.5, 0.6) is 0 Å². The van der Waals surface area contributed by atoms with Gasteiger partial charge in [-0.2, -0.15) is 0 Å². The molecule has 0 bridgehead atoms. The number of fused-ring (bicyclic) bond motifs is 4. The van der Waals surface area contributed by atoms with E-state index in [0.29, 0.717) is 0 Å². The van der Waals surface area contributed by atoms with Crippen LogP contribution in [0.4, 0.5) is 17.1 Å². The Morgan fingerprint density at radius 1 is 0.267 bits per heavy atom. The van der Waals surface area contributed by atoms with Gasteiger partial charge in [-0.3, -0.25) is 0 Å². The summed E-state index contributed by atoms with van der Waals surface area (Å²) in [7, 11) is 0. The van der Waals surface area contributed by atoms with Crippen LogP contribution >= 0.6 is 0 Å². The Morgan fingerprint density at radius 3 is 1.27 bits per heavy atom. The number of para-hydroxylation sites is 2. The molecule has 60 heavy (non-hydrogen) atoms. The molecule has 0 saturated carbocycles. The Bertz CT molecular complexity index is 3280. The molecule has 1 heterocycles. The first-order valence-corrected chi connectivity index (χ1v) is 20.5. The van der Waals surface area contributed by atoms with Crippen molar-refractivity contribution in [3.8, 4) is 55.6 Å². The van der Waals surface area contributed by atoms with E-state index in [1.807, 2.05) is 0 Å². The van der Waals surface area contributed by atoms with Crippen molar-refractivity contribution < 1.29 is 4.42 Å². The number of hydrogen-bond acceptors (Lipinski definition) is 2. The minimum absolute atomic E-state index is 0.842. The van der Waals surface area contributed by atoms with E-state index in [1.54, 1.807) is 0 Å². The standard InChI is InChI=1S/C58H39NO/c1-5-17-40(18-6-1)49-36-35-48(39-55(49)43-23-11-4-12-24-43)59(56-30-16-29-52-51-28-15-27-50(57(51)60-58(52)56)41-19-7-2-8-20-41)47-33-31-44(32-34-47)54-38-46-26-14-13-25-45(46)37-53(54)42-21-9-3-10-22-42/h1-39H. The van der Waals surface area contributed by atoms with Gasteiger partial charge in [-0.15, -0.1) is 0 Å². The second-order valence-electron chi connectivity index (χ2n) is 15.3. The lowest BCUT2D eigenvalue weighted by Gasteiger charge is -2.27. The summed E-state index contributed by atoms with van der Waals surface area (Å²) in [6.07, 6.45) is 0.